The third-order valence-electron chi connectivity index (χ3n) is 6.39. The lowest BCUT2D eigenvalue weighted by atomic mass is 10.1. The minimum atomic E-state index is 0.747. The highest BCUT2D eigenvalue weighted by Crippen LogP contribution is 2.45. The molecule has 0 unspecified atom stereocenters. The van der Waals surface area contributed by atoms with Gasteiger partial charge in [0.2, 0.25) is 0 Å². The Morgan fingerprint density at radius 1 is 0.389 bits per heavy atom. The Hall–Kier alpha value is -4.50. The van der Waals surface area contributed by atoms with Gasteiger partial charge in [-0.05, 0) is 93.6 Å². The summed E-state index contributed by atoms with van der Waals surface area (Å²) in [6.45, 7) is 6.35. The summed E-state index contributed by atoms with van der Waals surface area (Å²) in [5.74, 6) is 0. The first kappa shape index (κ1) is 23.3. The van der Waals surface area contributed by atoms with Gasteiger partial charge in [-0.2, -0.15) is 0 Å². The van der Waals surface area contributed by atoms with Gasteiger partial charge < -0.3 is 15.5 Å². The van der Waals surface area contributed by atoms with Crippen molar-refractivity contribution in [2.45, 2.75) is 20.8 Å². The Labute approximate surface area is 214 Å². The SMILES string of the molecule is Cc1ccc(N(c2ccc(C)cc2)c2ccccc2N(c2ccc(C)cc2)c2ccc(N)cc2)cc1. The number of para-hydroxylation sites is 2. The van der Waals surface area contributed by atoms with E-state index in [0.29, 0.717) is 0 Å². The first-order valence-corrected chi connectivity index (χ1v) is 12.2. The van der Waals surface area contributed by atoms with Gasteiger partial charge in [0.1, 0.15) is 0 Å². The highest BCUT2D eigenvalue weighted by Gasteiger charge is 2.21. The van der Waals surface area contributed by atoms with Crippen LogP contribution in [0.3, 0.4) is 0 Å². The van der Waals surface area contributed by atoms with Crippen molar-refractivity contribution in [2.24, 2.45) is 0 Å². The molecular formula is C33H31N3. The summed E-state index contributed by atoms with van der Waals surface area (Å²) in [5.41, 5.74) is 17.0. The number of hydrogen-bond acceptors (Lipinski definition) is 3. The van der Waals surface area contributed by atoms with Crippen LogP contribution < -0.4 is 15.5 Å². The van der Waals surface area contributed by atoms with Crippen LogP contribution in [0, 0.1) is 20.8 Å². The second kappa shape index (κ2) is 10.0. The molecular weight excluding hydrogens is 438 g/mol. The average Bonchev–Trinajstić information content (AvgIpc) is 2.90. The van der Waals surface area contributed by atoms with Gasteiger partial charge in [-0.3, -0.25) is 0 Å². The largest absolute Gasteiger partial charge is 0.399 e. The molecule has 5 rings (SSSR count). The zero-order valence-corrected chi connectivity index (χ0v) is 21.0. The zero-order chi connectivity index (χ0) is 25.1. The molecule has 0 atom stereocenters. The molecule has 2 N–H and O–H groups in total. The first-order valence-electron chi connectivity index (χ1n) is 12.2. The lowest BCUT2D eigenvalue weighted by Gasteiger charge is -2.33. The van der Waals surface area contributed by atoms with Gasteiger partial charge >= 0.3 is 0 Å². The number of benzene rings is 5. The minimum absolute atomic E-state index is 0.747. The predicted molar refractivity (Wildman–Crippen MR) is 154 cm³/mol. The van der Waals surface area contributed by atoms with Crippen LogP contribution in [0.2, 0.25) is 0 Å². The summed E-state index contributed by atoms with van der Waals surface area (Å²) in [6.07, 6.45) is 0. The number of anilines is 7. The van der Waals surface area contributed by atoms with Gasteiger partial charge in [-0.1, -0.05) is 65.2 Å². The first-order chi connectivity index (χ1) is 17.5. The van der Waals surface area contributed by atoms with Gasteiger partial charge in [0, 0.05) is 28.4 Å². The maximum atomic E-state index is 6.05. The van der Waals surface area contributed by atoms with Crippen molar-refractivity contribution in [2.75, 3.05) is 15.5 Å². The standard InChI is InChI=1S/C33H31N3/c1-24-8-16-28(17-9-24)35(29-18-10-25(2)11-19-29)32-6-4-5-7-33(32)36(30-20-12-26(3)13-21-30)31-22-14-27(34)15-23-31/h4-23H,34H2,1-3H3. The molecule has 0 aromatic heterocycles. The zero-order valence-electron chi connectivity index (χ0n) is 21.0. The second-order valence-corrected chi connectivity index (χ2v) is 9.26. The Kier molecular flexibility index (Phi) is 6.46. The molecule has 0 aliphatic rings. The fourth-order valence-corrected chi connectivity index (χ4v) is 4.40. The van der Waals surface area contributed by atoms with Crippen LogP contribution in [0.1, 0.15) is 16.7 Å². The van der Waals surface area contributed by atoms with Crippen LogP contribution in [0.5, 0.6) is 0 Å². The Balaban J connectivity index is 1.74. The number of nitrogens with zero attached hydrogens (tertiary/aromatic N) is 2. The average molecular weight is 470 g/mol. The number of nitrogen functional groups attached to an aromatic ring is 1. The van der Waals surface area contributed by atoms with Gasteiger partial charge in [0.25, 0.3) is 0 Å². The van der Waals surface area contributed by atoms with Crippen LogP contribution in [-0.4, -0.2) is 0 Å². The van der Waals surface area contributed by atoms with E-state index in [4.69, 9.17) is 5.73 Å². The summed E-state index contributed by atoms with van der Waals surface area (Å²) in [5, 5.41) is 0. The minimum Gasteiger partial charge on any atom is -0.399 e. The van der Waals surface area contributed by atoms with E-state index in [0.717, 1.165) is 39.8 Å². The lowest BCUT2D eigenvalue weighted by Crippen LogP contribution is -2.17. The van der Waals surface area contributed by atoms with Crippen molar-refractivity contribution in [1.82, 2.24) is 0 Å². The fourth-order valence-electron chi connectivity index (χ4n) is 4.40. The molecule has 0 aliphatic carbocycles. The molecule has 0 radical (unpaired) electrons. The van der Waals surface area contributed by atoms with Gasteiger partial charge in [-0.25, -0.2) is 0 Å². The van der Waals surface area contributed by atoms with E-state index >= 15 is 0 Å². The van der Waals surface area contributed by atoms with Crippen LogP contribution in [0.4, 0.5) is 39.8 Å². The van der Waals surface area contributed by atoms with Gasteiger partial charge in [0.05, 0.1) is 11.4 Å². The van der Waals surface area contributed by atoms with E-state index in [-0.39, 0.29) is 0 Å². The maximum absolute atomic E-state index is 6.05. The molecule has 36 heavy (non-hydrogen) atoms. The molecule has 0 saturated carbocycles. The van der Waals surface area contributed by atoms with Gasteiger partial charge in [0.15, 0.2) is 0 Å². The molecule has 0 fully saturated rings. The fraction of sp³-hybridized carbons (Fsp3) is 0.0909. The van der Waals surface area contributed by atoms with Crippen LogP contribution in [0.25, 0.3) is 0 Å². The maximum Gasteiger partial charge on any atom is 0.0702 e. The van der Waals surface area contributed by atoms with E-state index in [2.05, 4.69) is 140 Å². The van der Waals surface area contributed by atoms with Crippen molar-refractivity contribution in [1.29, 1.82) is 0 Å². The monoisotopic (exact) mass is 469 g/mol. The molecule has 178 valence electrons. The normalized spacial score (nSPS) is 10.8. The highest BCUT2D eigenvalue weighted by atomic mass is 15.2. The molecule has 3 heteroatoms. The molecule has 3 nitrogen and oxygen atoms in total. The number of nitrogens with two attached hydrogens (primary N) is 1. The molecule has 0 bridgehead atoms. The van der Waals surface area contributed by atoms with Crippen molar-refractivity contribution in [3.63, 3.8) is 0 Å². The van der Waals surface area contributed by atoms with Crippen LogP contribution >= 0.6 is 0 Å². The Morgan fingerprint density at radius 2 is 0.667 bits per heavy atom. The van der Waals surface area contributed by atoms with E-state index in [1.54, 1.807) is 0 Å². The number of aryl methyl sites for hydroxylation is 3. The summed E-state index contributed by atoms with van der Waals surface area (Å²) in [7, 11) is 0. The van der Waals surface area contributed by atoms with E-state index in [1.165, 1.54) is 16.7 Å². The molecule has 0 saturated heterocycles. The van der Waals surface area contributed by atoms with Crippen molar-refractivity contribution < 1.29 is 0 Å². The van der Waals surface area contributed by atoms with E-state index in [1.807, 2.05) is 12.1 Å². The van der Waals surface area contributed by atoms with E-state index in [9.17, 15) is 0 Å². The van der Waals surface area contributed by atoms with E-state index < -0.39 is 0 Å². The van der Waals surface area contributed by atoms with Crippen molar-refractivity contribution >= 4 is 39.8 Å². The lowest BCUT2D eigenvalue weighted by molar-refractivity contribution is 1.22. The molecule has 0 heterocycles. The summed E-state index contributed by atoms with van der Waals surface area (Å²) >= 11 is 0. The highest BCUT2D eigenvalue weighted by molar-refractivity contribution is 5.91. The molecule has 5 aromatic rings. The predicted octanol–water partition coefficient (Wildman–Crippen LogP) is 9.13. The van der Waals surface area contributed by atoms with Crippen LogP contribution in [0.15, 0.2) is 121 Å². The molecule has 0 amide bonds. The van der Waals surface area contributed by atoms with Gasteiger partial charge in [-0.15, -0.1) is 0 Å². The molecule has 0 spiro atoms. The Bertz CT molecular complexity index is 1230. The third kappa shape index (κ3) is 4.82. The smallest absolute Gasteiger partial charge is 0.0702 e. The summed E-state index contributed by atoms with van der Waals surface area (Å²) < 4.78 is 0. The van der Waals surface area contributed by atoms with Crippen LogP contribution in [-0.2, 0) is 0 Å². The number of hydrogen-bond donors (Lipinski definition) is 1. The van der Waals surface area contributed by atoms with Crippen molar-refractivity contribution in [3.05, 3.63) is 138 Å². The molecule has 0 aliphatic heterocycles. The second-order valence-electron chi connectivity index (χ2n) is 9.26. The molecule has 5 aromatic carbocycles. The number of rotatable bonds is 6. The van der Waals surface area contributed by atoms with Crippen molar-refractivity contribution in [3.8, 4) is 0 Å². The topological polar surface area (TPSA) is 32.5 Å². The summed E-state index contributed by atoms with van der Waals surface area (Å²) in [6, 6.07) is 42.7. The summed E-state index contributed by atoms with van der Waals surface area (Å²) in [4.78, 5) is 4.62. The third-order valence-corrected chi connectivity index (χ3v) is 6.39. The quantitative estimate of drug-likeness (QED) is 0.252. The Morgan fingerprint density at radius 3 is 0.972 bits per heavy atom.